The minimum absolute atomic E-state index is 0.225. The van der Waals surface area contributed by atoms with Gasteiger partial charge < -0.3 is 10.5 Å². The van der Waals surface area contributed by atoms with Crippen LogP contribution in [0.15, 0.2) is 48.8 Å². The van der Waals surface area contributed by atoms with Crippen LogP contribution in [0.2, 0.25) is 0 Å². The molecule has 1 aromatic carbocycles. The average Bonchev–Trinajstić information content (AvgIpc) is 2.96. The van der Waals surface area contributed by atoms with Crippen molar-refractivity contribution in [3.63, 3.8) is 0 Å². The van der Waals surface area contributed by atoms with E-state index in [4.69, 9.17) is 10.5 Å². The Balaban J connectivity index is 1.57. The number of likely N-dealkylation sites (tertiary alicyclic amines) is 1. The van der Waals surface area contributed by atoms with Crippen LogP contribution < -0.4 is 10.5 Å². The summed E-state index contributed by atoms with van der Waals surface area (Å²) < 4.78 is 6.08. The van der Waals surface area contributed by atoms with Crippen LogP contribution in [0.3, 0.4) is 0 Å². The van der Waals surface area contributed by atoms with Gasteiger partial charge in [-0.3, -0.25) is 9.88 Å². The van der Waals surface area contributed by atoms with Crippen LogP contribution in [-0.2, 0) is 13.1 Å². The first-order valence-corrected chi connectivity index (χ1v) is 7.41. The molecular formula is C17H21N3O. The van der Waals surface area contributed by atoms with Gasteiger partial charge in [0.15, 0.2) is 0 Å². The lowest BCUT2D eigenvalue weighted by molar-refractivity contribution is 0.196. The molecule has 1 atom stereocenters. The molecule has 21 heavy (non-hydrogen) atoms. The van der Waals surface area contributed by atoms with Crippen molar-refractivity contribution in [3.8, 4) is 5.75 Å². The van der Waals surface area contributed by atoms with Crippen LogP contribution in [0.25, 0.3) is 0 Å². The molecule has 3 rings (SSSR count). The molecule has 0 spiro atoms. The van der Waals surface area contributed by atoms with E-state index < -0.39 is 0 Å². The van der Waals surface area contributed by atoms with E-state index in [-0.39, 0.29) is 6.10 Å². The zero-order valence-corrected chi connectivity index (χ0v) is 12.1. The monoisotopic (exact) mass is 283 g/mol. The molecule has 1 aromatic heterocycles. The normalized spacial score (nSPS) is 18.8. The minimum atomic E-state index is 0.225. The van der Waals surface area contributed by atoms with Gasteiger partial charge in [-0.25, -0.2) is 0 Å². The second-order valence-electron chi connectivity index (χ2n) is 5.44. The van der Waals surface area contributed by atoms with Crippen molar-refractivity contribution in [1.82, 2.24) is 9.88 Å². The van der Waals surface area contributed by atoms with E-state index in [0.717, 1.165) is 37.4 Å². The third-order valence-electron chi connectivity index (χ3n) is 3.86. The van der Waals surface area contributed by atoms with Crippen LogP contribution >= 0.6 is 0 Å². The zero-order chi connectivity index (χ0) is 14.5. The molecule has 1 aliphatic rings. The lowest BCUT2D eigenvalue weighted by Gasteiger charge is -2.18. The molecule has 1 aliphatic heterocycles. The van der Waals surface area contributed by atoms with E-state index >= 15 is 0 Å². The Hall–Kier alpha value is -1.91. The van der Waals surface area contributed by atoms with Crippen LogP contribution in [0.5, 0.6) is 5.75 Å². The minimum Gasteiger partial charge on any atom is -0.487 e. The quantitative estimate of drug-likeness (QED) is 0.914. The highest BCUT2D eigenvalue weighted by Crippen LogP contribution is 2.22. The molecule has 2 aromatic rings. The van der Waals surface area contributed by atoms with Gasteiger partial charge in [0.25, 0.3) is 0 Å². The Morgan fingerprint density at radius 2 is 2.10 bits per heavy atom. The van der Waals surface area contributed by atoms with Gasteiger partial charge in [0.2, 0.25) is 0 Å². The predicted molar refractivity (Wildman–Crippen MR) is 82.9 cm³/mol. The number of nitrogens with zero attached hydrogens (tertiary/aromatic N) is 2. The maximum Gasteiger partial charge on any atom is 0.142 e. The molecule has 4 nitrogen and oxygen atoms in total. The molecule has 110 valence electrons. The molecule has 0 aliphatic carbocycles. The molecule has 4 heteroatoms. The van der Waals surface area contributed by atoms with Crippen LogP contribution in [0.4, 0.5) is 0 Å². The van der Waals surface area contributed by atoms with Gasteiger partial charge in [0.05, 0.1) is 6.20 Å². The maximum atomic E-state index is 6.08. The van der Waals surface area contributed by atoms with Gasteiger partial charge in [-0.05, 0) is 18.1 Å². The summed E-state index contributed by atoms with van der Waals surface area (Å²) in [6, 6.07) is 12.5. The SMILES string of the molecule is NCc1ccncc1OC1CCN(Cc2ccccc2)C1. The molecule has 0 radical (unpaired) electrons. The van der Waals surface area contributed by atoms with Crippen molar-refractivity contribution >= 4 is 0 Å². The zero-order valence-electron chi connectivity index (χ0n) is 12.1. The van der Waals surface area contributed by atoms with Gasteiger partial charge >= 0.3 is 0 Å². The Morgan fingerprint density at radius 3 is 2.90 bits per heavy atom. The first-order valence-electron chi connectivity index (χ1n) is 7.41. The number of hydrogen-bond donors (Lipinski definition) is 1. The fourth-order valence-corrected chi connectivity index (χ4v) is 2.74. The van der Waals surface area contributed by atoms with E-state index in [0.29, 0.717) is 6.54 Å². The number of nitrogens with two attached hydrogens (primary N) is 1. The maximum absolute atomic E-state index is 6.08. The molecule has 1 fully saturated rings. The van der Waals surface area contributed by atoms with Crippen LogP contribution in [-0.4, -0.2) is 29.1 Å². The summed E-state index contributed by atoms with van der Waals surface area (Å²) in [6.45, 7) is 3.49. The second kappa shape index (κ2) is 6.70. The van der Waals surface area contributed by atoms with Crippen molar-refractivity contribution in [1.29, 1.82) is 0 Å². The summed E-state index contributed by atoms with van der Waals surface area (Å²) in [4.78, 5) is 6.56. The highest BCUT2D eigenvalue weighted by molar-refractivity contribution is 5.29. The number of aromatic nitrogens is 1. The van der Waals surface area contributed by atoms with Crippen molar-refractivity contribution in [2.45, 2.75) is 25.6 Å². The van der Waals surface area contributed by atoms with E-state index in [1.165, 1.54) is 5.56 Å². The standard InChI is InChI=1S/C17H21N3O/c18-10-15-6-8-19-11-17(15)21-16-7-9-20(13-16)12-14-4-2-1-3-5-14/h1-6,8,11,16H,7,9-10,12-13,18H2. The molecule has 2 heterocycles. The Bertz CT molecular complexity index is 573. The first-order chi connectivity index (χ1) is 10.3. The molecule has 0 amide bonds. The van der Waals surface area contributed by atoms with Crippen molar-refractivity contribution < 1.29 is 4.74 Å². The lowest BCUT2D eigenvalue weighted by Crippen LogP contribution is -2.25. The second-order valence-corrected chi connectivity index (χ2v) is 5.44. The predicted octanol–water partition coefficient (Wildman–Crippen LogP) is 2.19. The number of ether oxygens (including phenoxy) is 1. The van der Waals surface area contributed by atoms with E-state index in [1.54, 1.807) is 12.4 Å². The van der Waals surface area contributed by atoms with Gasteiger partial charge in [0, 0.05) is 37.9 Å². The smallest absolute Gasteiger partial charge is 0.142 e. The third-order valence-corrected chi connectivity index (χ3v) is 3.86. The van der Waals surface area contributed by atoms with Crippen molar-refractivity contribution in [2.75, 3.05) is 13.1 Å². The number of hydrogen-bond acceptors (Lipinski definition) is 4. The van der Waals surface area contributed by atoms with Gasteiger partial charge in [0.1, 0.15) is 11.9 Å². The number of pyridine rings is 1. The van der Waals surface area contributed by atoms with Crippen LogP contribution in [0, 0.1) is 0 Å². The molecule has 2 N–H and O–H groups in total. The van der Waals surface area contributed by atoms with Crippen LogP contribution in [0.1, 0.15) is 17.5 Å². The fourth-order valence-electron chi connectivity index (χ4n) is 2.74. The highest BCUT2D eigenvalue weighted by atomic mass is 16.5. The summed E-state index contributed by atoms with van der Waals surface area (Å²) in [5, 5.41) is 0. The Morgan fingerprint density at radius 1 is 1.24 bits per heavy atom. The Labute approximate surface area is 125 Å². The summed E-state index contributed by atoms with van der Waals surface area (Å²) in [6.07, 6.45) is 4.79. The van der Waals surface area contributed by atoms with Crippen molar-refractivity contribution in [3.05, 3.63) is 59.9 Å². The molecule has 0 saturated carbocycles. The largest absolute Gasteiger partial charge is 0.487 e. The van der Waals surface area contributed by atoms with Gasteiger partial charge in [-0.15, -0.1) is 0 Å². The van der Waals surface area contributed by atoms with E-state index in [1.807, 2.05) is 6.07 Å². The lowest BCUT2D eigenvalue weighted by atomic mass is 10.2. The molecular weight excluding hydrogens is 262 g/mol. The summed E-state index contributed by atoms with van der Waals surface area (Å²) in [5.41, 5.74) is 8.11. The van der Waals surface area contributed by atoms with E-state index in [2.05, 4.69) is 40.2 Å². The van der Waals surface area contributed by atoms with E-state index in [9.17, 15) is 0 Å². The summed E-state index contributed by atoms with van der Waals surface area (Å²) in [5.74, 6) is 0.826. The fraction of sp³-hybridized carbons (Fsp3) is 0.353. The highest BCUT2D eigenvalue weighted by Gasteiger charge is 2.24. The average molecular weight is 283 g/mol. The third kappa shape index (κ3) is 3.60. The Kier molecular flexibility index (Phi) is 4.48. The number of benzene rings is 1. The van der Waals surface area contributed by atoms with Gasteiger partial charge in [-0.2, -0.15) is 0 Å². The first kappa shape index (κ1) is 14.0. The van der Waals surface area contributed by atoms with Gasteiger partial charge in [-0.1, -0.05) is 30.3 Å². The summed E-state index contributed by atoms with van der Waals surface area (Å²) >= 11 is 0. The molecule has 1 unspecified atom stereocenters. The van der Waals surface area contributed by atoms with Crippen molar-refractivity contribution in [2.24, 2.45) is 5.73 Å². The molecule has 0 bridgehead atoms. The number of rotatable bonds is 5. The molecule has 1 saturated heterocycles. The summed E-state index contributed by atoms with van der Waals surface area (Å²) in [7, 11) is 0. The topological polar surface area (TPSA) is 51.4 Å².